The van der Waals surface area contributed by atoms with Crippen LogP contribution in [-0.4, -0.2) is 20.2 Å². The molecule has 0 radical (unpaired) electrons. The number of aromatic amines is 1. The number of aromatic nitrogens is 4. The molecule has 0 aliphatic carbocycles. The summed E-state index contributed by atoms with van der Waals surface area (Å²) < 4.78 is 5.86. The van der Waals surface area contributed by atoms with Crippen LogP contribution in [0.25, 0.3) is 22.3 Å². The van der Waals surface area contributed by atoms with Crippen LogP contribution in [0.1, 0.15) is 0 Å². The summed E-state index contributed by atoms with van der Waals surface area (Å²) in [5, 5.41) is 7.86. The SMILES string of the molecule is Nc1ncnc2n[nH]c(-c3cccc(Oc4ccccc4)c3)c12. The number of nitrogen functional groups attached to an aromatic ring is 1. The van der Waals surface area contributed by atoms with Crippen molar-refractivity contribution in [3.63, 3.8) is 0 Å². The van der Waals surface area contributed by atoms with Gasteiger partial charge in [0.25, 0.3) is 0 Å². The van der Waals surface area contributed by atoms with Gasteiger partial charge in [0.05, 0.1) is 11.1 Å². The molecule has 4 aromatic rings. The molecule has 6 heteroatoms. The molecule has 4 rings (SSSR count). The first-order chi connectivity index (χ1) is 11.3. The molecule has 0 amide bonds. The Hall–Kier alpha value is -3.41. The lowest BCUT2D eigenvalue weighted by Crippen LogP contribution is -1.92. The van der Waals surface area contributed by atoms with Crippen molar-refractivity contribution in [3.8, 4) is 22.8 Å². The first-order valence-corrected chi connectivity index (χ1v) is 7.09. The van der Waals surface area contributed by atoms with Gasteiger partial charge < -0.3 is 10.5 Å². The van der Waals surface area contributed by atoms with E-state index in [1.807, 2.05) is 54.6 Å². The van der Waals surface area contributed by atoms with Gasteiger partial charge in [-0.15, -0.1) is 0 Å². The van der Waals surface area contributed by atoms with Crippen molar-refractivity contribution in [1.29, 1.82) is 0 Å². The molecule has 0 saturated heterocycles. The highest BCUT2D eigenvalue weighted by Gasteiger charge is 2.13. The van der Waals surface area contributed by atoms with E-state index in [-0.39, 0.29) is 0 Å². The maximum Gasteiger partial charge on any atom is 0.186 e. The molecule has 6 nitrogen and oxygen atoms in total. The van der Waals surface area contributed by atoms with Gasteiger partial charge in [-0.2, -0.15) is 5.10 Å². The second-order valence-electron chi connectivity index (χ2n) is 5.00. The fourth-order valence-corrected chi connectivity index (χ4v) is 2.43. The van der Waals surface area contributed by atoms with Gasteiger partial charge >= 0.3 is 0 Å². The lowest BCUT2D eigenvalue weighted by Gasteiger charge is -2.07. The lowest BCUT2D eigenvalue weighted by atomic mass is 10.1. The van der Waals surface area contributed by atoms with E-state index < -0.39 is 0 Å². The van der Waals surface area contributed by atoms with Crippen LogP contribution in [0.2, 0.25) is 0 Å². The Labute approximate surface area is 132 Å². The van der Waals surface area contributed by atoms with Crippen LogP contribution in [0.3, 0.4) is 0 Å². The molecule has 23 heavy (non-hydrogen) atoms. The molecule has 0 bridgehead atoms. The van der Waals surface area contributed by atoms with Crippen LogP contribution in [-0.2, 0) is 0 Å². The first-order valence-electron chi connectivity index (χ1n) is 7.09. The smallest absolute Gasteiger partial charge is 0.186 e. The van der Waals surface area contributed by atoms with Gasteiger partial charge in [-0.05, 0) is 24.3 Å². The van der Waals surface area contributed by atoms with Gasteiger partial charge in [0, 0.05) is 5.56 Å². The monoisotopic (exact) mass is 303 g/mol. The minimum absolute atomic E-state index is 0.396. The zero-order valence-corrected chi connectivity index (χ0v) is 12.1. The van der Waals surface area contributed by atoms with Crippen molar-refractivity contribution in [2.45, 2.75) is 0 Å². The van der Waals surface area contributed by atoms with E-state index >= 15 is 0 Å². The lowest BCUT2D eigenvalue weighted by molar-refractivity contribution is 0.483. The largest absolute Gasteiger partial charge is 0.457 e. The third-order valence-corrected chi connectivity index (χ3v) is 3.48. The fourth-order valence-electron chi connectivity index (χ4n) is 2.43. The minimum Gasteiger partial charge on any atom is -0.457 e. The van der Waals surface area contributed by atoms with E-state index in [0.29, 0.717) is 16.9 Å². The van der Waals surface area contributed by atoms with Gasteiger partial charge in [-0.25, -0.2) is 9.97 Å². The zero-order valence-electron chi connectivity index (χ0n) is 12.1. The number of para-hydroxylation sites is 1. The second-order valence-corrected chi connectivity index (χ2v) is 5.00. The molecule has 0 atom stereocenters. The summed E-state index contributed by atoms with van der Waals surface area (Å²) in [6, 6.07) is 17.3. The van der Waals surface area contributed by atoms with E-state index in [9.17, 15) is 0 Å². The van der Waals surface area contributed by atoms with Gasteiger partial charge in [0.15, 0.2) is 5.65 Å². The molecule has 0 spiro atoms. The zero-order chi connectivity index (χ0) is 15.6. The Balaban J connectivity index is 1.76. The van der Waals surface area contributed by atoms with Crippen molar-refractivity contribution in [1.82, 2.24) is 20.2 Å². The second kappa shape index (κ2) is 5.42. The third-order valence-electron chi connectivity index (χ3n) is 3.48. The summed E-state index contributed by atoms with van der Waals surface area (Å²) in [5.41, 5.74) is 8.18. The molecule has 2 heterocycles. The number of nitrogens with one attached hydrogen (secondary N) is 1. The third kappa shape index (κ3) is 2.46. The molecule has 2 aromatic carbocycles. The first kappa shape index (κ1) is 13.3. The fraction of sp³-hybridized carbons (Fsp3) is 0. The number of benzene rings is 2. The summed E-state index contributed by atoms with van der Waals surface area (Å²) in [5.74, 6) is 1.90. The predicted molar refractivity (Wildman–Crippen MR) is 88.0 cm³/mol. The number of ether oxygens (including phenoxy) is 1. The number of nitrogens with zero attached hydrogens (tertiary/aromatic N) is 3. The average molecular weight is 303 g/mol. The van der Waals surface area contributed by atoms with Gasteiger partial charge in [0.1, 0.15) is 23.6 Å². The van der Waals surface area contributed by atoms with Crippen molar-refractivity contribution in [2.75, 3.05) is 5.73 Å². The summed E-state index contributed by atoms with van der Waals surface area (Å²) in [6.07, 6.45) is 1.40. The van der Waals surface area contributed by atoms with Crippen molar-refractivity contribution >= 4 is 16.9 Å². The highest BCUT2D eigenvalue weighted by molar-refractivity contribution is 5.97. The Morgan fingerprint density at radius 1 is 0.913 bits per heavy atom. The van der Waals surface area contributed by atoms with E-state index in [4.69, 9.17) is 10.5 Å². The van der Waals surface area contributed by atoms with Crippen LogP contribution < -0.4 is 10.5 Å². The van der Waals surface area contributed by atoms with Crippen LogP contribution in [0.15, 0.2) is 60.9 Å². The van der Waals surface area contributed by atoms with Crippen LogP contribution in [0, 0.1) is 0 Å². The van der Waals surface area contributed by atoms with Gasteiger partial charge in [0.2, 0.25) is 0 Å². The van der Waals surface area contributed by atoms with Crippen LogP contribution in [0.4, 0.5) is 5.82 Å². The number of nitrogens with two attached hydrogens (primary N) is 1. The molecular weight excluding hydrogens is 290 g/mol. The molecule has 0 fully saturated rings. The maximum atomic E-state index is 5.96. The number of hydrogen-bond acceptors (Lipinski definition) is 5. The molecule has 112 valence electrons. The Bertz CT molecular complexity index is 965. The average Bonchev–Trinajstić information content (AvgIpc) is 3.02. The highest BCUT2D eigenvalue weighted by Crippen LogP contribution is 2.31. The molecule has 0 aliphatic rings. The van der Waals surface area contributed by atoms with Crippen LogP contribution in [0.5, 0.6) is 11.5 Å². The van der Waals surface area contributed by atoms with E-state index in [2.05, 4.69) is 20.2 Å². The Kier molecular flexibility index (Phi) is 3.12. The van der Waals surface area contributed by atoms with Gasteiger partial charge in [-0.1, -0.05) is 30.3 Å². The summed E-state index contributed by atoms with van der Waals surface area (Å²) in [6.45, 7) is 0. The number of rotatable bonds is 3. The molecule has 0 aliphatic heterocycles. The quantitative estimate of drug-likeness (QED) is 0.605. The number of H-pyrrole nitrogens is 1. The van der Waals surface area contributed by atoms with Crippen LogP contribution >= 0.6 is 0 Å². The maximum absolute atomic E-state index is 5.96. The summed E-state index contributed by atoms with van der Waals surface area (Å²) >= 11 is 0. The van der Waals surface area contributed by atoms with Crippen molar-refractivity contribution in [2.24, 2.45) is 0 Å². The minimum atomic E-state index is 0.396. The predicted octanol–water partition coefficient (Wildman–Crippen LogP) is 3.39. The summed E-state index contributed by atoms with van der Waals surface area (Å²) in [7, 11) is 0. The topological polar surface area (TPSA) is 89.7 Å². The molecule has 0 unspecified atom stereocenters. The Morgan fingerprint density at radius 3 is 2.61 bits per heavy atom. The van der Waals surface area contributed by atoms with E-state index in [0.717, 1.165) is 22.8 Å². The number of fused-ring (bicyclic) bond motifs is 1. The molecule has 0 saturated carbocycles. The van der Waals surface area contributed by atoms with Crippen molar-refractivity contribution < 1.29 is 4.74 Å². The van der Waals surface area contributed by atoms with Crippen molar-refractivity contribution in [3.05, 3.63) is 60.9 Å². The Morgan fingerprint density at radius 2 is 1.74 bits per heavy atom. The number of hydrogen-bond donors (Lipinski definition) is 2. The normalized spacial score (nSPS) is 10.8. The highest BCUT2D eigenvalue weighted by atomic mass is 16.5. The number of anilines is 1. The summed E-state index contributed by atoms with van der Waals surface area (Å²) in [4.78, 5) is 8.14. The molecular formula is C17H13N5O. The molecule has 3 N–H and O–H groups in total. The molecule has 2 aromatic heterocycles. The van der Waals surface area contributed by atoms with E-state index in [1.54, 1.807) is 0 Å². The standard InChI is InChI=1S/C17H13N5O/c18-16-14-15(21-22-17(14)20-10-19-16)11-5-4-8-13(9-11)23-12-6-2-1-3-7-12/h1-10H,(H3,18,19,20,21,22). The van der Waals surface area contributed by atoms with Gasteiger partial charge in [-0.3, -0.25) is 5.10 Å². The van der Waals surface area contributed by atoms with E-state index in [1.165, 1.54) is 6.33 Å².